The standard InChI is InChI=1S/C20H21N3O2/c1-22-11-5-9-17(22)18-10-6-12-23(18)20(24)14-16-13-19(25-21-16)15-7-3-2-4-8-15/h2-5,7-9,11,13,18H,6,10,12,14H2,1H3/t18-/m0/s1. The van der Waals surface area contributed by atoms with Gasteiger partial charge in [0.05, 0.1) is 18.2 Å². The molecular formula is C20H21N3O2. The SMILES string of the molecule is Cn1cccc1[C@@H]1CCCN1C(=O)Cc1cc(-c2ccccc2)on1. The van der Waals surface area contributed by atoms with E-state index in [0.717, 1.165) is 24.9 Å². The van der Waals surface area contributed by atoms with Crippen molar-refractivity contribution in [3.8, 4) is 11.3 Å². The molecule has 5 heteroatoms. The molecule has 1 atom stereocenters. The fraction of sp³-hybridized carbons (Fsp3) is 0.300. The fourth-order valence-electron chi connectivity index (χ4n) is 3.58. The van der Waals surface area contributed by atoms with Crippen molar-refractivity contribution >= 4 is 5.91 Å². The molecule has 1 aliphatic heterocycles. The Bertz CT molecular complexity index is 866. The zero-order valence-corrected chi connectivity index (χ0v) is 14.3. The molecule has 0 bridgehead atoms. The molecule has 0 N–H and O–H groups in total. The molecule has 1 fully saturated rings. The molecule has 0 saturated carbocycles. The number of nitrogens with zero attached hydrogens (tertiary/aromatic N) is 3. The number of aryl methyl sites for hydroxylation is 1. The maximum Gasteiger partial charge on any atom is 0.229 e. The zero-order valence-electron chi connectivity index (χ0n) is 14.3. The minimum absolute atomic E-state index is 0.108. The molecule has 1 amide bonds. The molecule has 1 aliphatic rings. The van der Waals surface area contributed by atoms with Gasteiger partial charge in [0.1, 0.15) is 0 Å². The second-order valence-electron chi connectivity index (χ2n) is 6.51. The Hall–Kier alpha value is -2.82. The van der Waals surface area contributed by atoms with Gasteiger partial charge in [-0.1, -0.05) is 35.5 Å². The van der Waals surface area contributed by atoms with E-state index in [1.54, 1.807) is 0 Å². The van der Waals surface area contributed by atoms with Crippen LogP contribution in [0.1, 0.15) is 30.3 Å². The van der Waals surface area contributed by atoms with Gasteiger partial charge in [-0.15, -0.1) is 0 Å². The van der Waals surface area contributed by atoms with E-state index in [0.29, 0.717) is 11.5 Å². The van der Waals surface area contributed by atoms with Crippen LogP contribution >= 0.6 is 0 Å². The van der Waals surface area contributed by atoms with Gasteiger partial charge in [-0.05, 0) is 25.0 Å². The highest BCUT2D eigenvalue weighted by Gasteiger charge is 2.31. The fourth-order valence-corrected chi connectivity index (χ4v) is 3.58. The number of carbonyl (C=O) groups is 1. The molecule has 3 heterocycles. The third-order valence-corrected chi connectivity index (χ3v) is 4.85. The number of rotatable bonds is 4. The zero-order chi connectivity index (χ0) is 17.2. The highest BCUT2D eigenvalue weighted by Crippen LogP contribution is 2.32. The van der Waals surface area contributed by atoms with Gasteiger partial charge < -0.3 is 14.0 Å². The normalized spacial score (nSPS) is 17.2. The molecule has 0 spiro atoms. The van der Waals surface area contributed by atoms with Crippen LogP contribution in [0.15, 0.2) is 59.3 Å². The van der Waals surface area contributed by atoms with Crippen LogP contribution in [-0.4, -0.2) is 27.1 Å². The van der Waals surface area contributed by atoms with Crippen molar-refractivity contribution in [3.05, 3.63) is 66.1 Å². The van der Waals surface area contributed by atoms with Gasteiger partial charge in [-0.3, -0.25) is 4.79 Å². The van der Waals surface area contributed by atoms with Crippen LogP contribution in [0, 0.1) is 0 Å². The Morgan fingerprint density at radius 3 is 2.84 bits per heavy atom. The van der Waals surface area contributed by atoms with Crippen LogP contribution in [0.5, 0.6) is 0 Å². The average molecular weight is 335 g/mol. The Kier molecular flexibility index (Phi) is 4.14. The van der Waals surface area contributed by atoms with Gasteiger partial charge in [0.25, 0.3) is 0 Å². The molecular weight excluding hydrogens is 314 g/mol. The van der Waals surface area contributed by atoms with Gasteiger partial charge in [0.2, 0.25) is 5.91 Å². The smallest absolute Gasteiger partial charge is 0.229 e. The van der Waals surface area contributed by atoms with E-state index >= 15 is 0 Å². The van der Waals surface area contributed by atoms with Gasteiger partial charge >= 0.3 is 0 Å². The predicted molar refractivity (Wildman–Crippen MR) is 94.7 cm³/mol. The maximum atomic E-state index is 12.8. The molecule has 128 valence electrons. The van der Waals surface area contributed by atoms with Gasteiger partial charge in [-0.2, -0.15) is 0 Å². The van der Waals surface area contributed by atoms with E-state index in [1.807, 2.05) is 60.6 Å². The quantitative estimate of drug-likeness (QED) is 0.732. The Morgan fingerprint density at radius 2 is 2.08 bits per heavy atom. The van der Waals surface area contributed by atoms with Gasteiger partial charge in [0.15, 0.2) is 5.76 Å². The van der Waals surface area contributed by atoms with Crippen LogP contribution < -0.4 is 0 Å². The summed E-state index contributed by atoms with van der Waals surface area (Å²) in [5.74, 6) is 0.806. The molecule has 0 unspecified atom stereocenters. The van der Waals surface area contributed by atoms with Crippen LogP contribution in [0.25, 0.3) is 11.3 Å². The molecule has 2 aromatic heterocycles. The second-order valence-corrected chi connectivity index (χ2v) is 6.51. The molecule has 4 rings (SSSR count). The van der Waals surface area contributed by atoms with Crippen molar-refractivity contribution in [1.82, 2.24) is 14.6 Å². The molecule has 1 aromatic carbocycles. The number of hydrogen-bond donors (Lipinski definition) is 0. The third-order valence-electron chi connectivity index (χ3n) is 4.85. The molecule has 0 aliphatic carbocycles. The summed E-state index contributed by atoms with van der Waals surface area (Å²) < 4.78 is 7.50. The second kappa shape index (κ2) is 6.59. The van der Waals surface area contributed by atoms with Crippen molar-refractivity contribution in [2.45, 2.75) is 25.3 Å². The summed E-state index contributed by atoms with van der Waals surface area (Å²) in [6.07, 6.45) is 4.35. The molecule has 1 saturated heterocycles. The monoisotopic (exact) mass is 335 g/mol. The number of amides is 1. The van der Waals surface area contributed by atoms with Crippen molar-refractivity contribution in [2.24, 2.45) is 7.05 Å². The van der Waals surface area contributed by atoms with Crippen molar-refractivity contribution in [2.75, 3.05) is 6.54 Å². The lowest BCUT2D eigenvalue weighted by atomic mass is 10.1. The van der Waals surface area contributed by atoms with Gasteiger partial charge in [0, 0.05) is 37.1 Å². The largest absolute Gasteiger partial charge is 0.356 e. The lowest BCUT2D eigenvalue weighted by Crippen LogP contribution is -2.32. The first kappa shape index (κ1) is 15.7. The molecule has 3 aromatic rings. The number of aromatic nitrogens is 2. The Morgan fingerprint density at radius 1 is 1.24 bits per heavy atom. The average Bonchev–Trinajstić information content (AvgIpc) is 3.35. The maximum absolute atomic E-state index is 12.8. The van der Waals surface area contributed by atoms with Crippen LogP contribution in [0.3, 0.4) is 0 Å². The van der Waals surface area contributed by atoms with Crippen molar-refractivity contribution in [3.63, 3.8) is 0 Å². The summed E-state index contributed by atoms with van der Waals surface area (Å²) >= 11 is 0. The van der Waals surface area contributed by atoms with E-state index < -0.39 is 0 Å². The number of hydrogen-bond acceptors (Lipinski definition) is 3. The molecule has 0 radical (unpaired) electrons. The summed E-state index contributed by atoms with van der Waals surface area (Å²) in [6, 6.07) is 16.0. The first-order chi connectivity index (χ1) is 12.2. The van der Waals surface area contributed by atoms with Gasteiger partial charge in [-0.25, -0.2) is 0 Å². The summed E-state index contributed by atoms with van der Waals surface area (Å²) in [5.41, 5.74) is 2.84. The number of carbonyl (C=O) groups excluding carboxylic acids is 1. The Balaban J connectivity index is 1.49. The van der Waals surface area contributed by atoms with E-state index in [-0.39, 0.29) is 18.4 Å². The summed E-state index contributed by atoms with van der Waals surface area (Å²) in [7, 11) is 2.03. The minimum atomic E-state index is 0.108. The first-order valence-corrected chi connectivity index (χ1v) is 8.64. The van der Waals surface area contributed by atoms with Crippen molar-refractivity contribution in [1.29, 1.82) is 0 Å². The molecule has 5 nitrogen and oxygen atoms in total. The summed E-state index contributed by atoms with van der Waals surface area (Å²) in [5, 5.41) is 4.08. The summed E-state index contributed by atoms with van der Waals surface area (Å²) in [6.45, 7) is 0.804. The van der Waals surface area contributed by atoms with Crippen LogP contribution in [0.4, 0.5) is 0 Å². The molecule has 25 heavy (non-hydrogen) atoms. The predicted octanol–water partition coefficient (Wildman–Crippen LogP) is 3.59. The van der Waals surface area contributed by atoms with E-state index in [2.05, 4.69) is 15.8 Å². The van der Waals surface area contributed by atoms with Crippen molar-refractivity contribution < 1.29 is 9.32 Å². The van der Waals surface area contributed by atoms with Crippen LogP contribution in [0.2, 0.25) is 0 Å². The minimum Gasteiger partial charge on any atom is -0.356 e. The Labute approximate surface area is 146 Å². The number of likely N-dealkylation sites (tertiary alicyclic amines) is 1. The summed E-state index contributed by atoms with van der Waals surface area (Å²) in [4.78, 5) is 14.8. The highest BCUT2D eigenvalue weighted by atomic mass is 16.5. The first-order valence-electron chi connectivity index (χ1n) is 8.64. The lowest BCUT2D eigenvalue weighted by Gasteiger charge is -2.25. The number of benzene rings is 1. The van der Waals surface area contributed by atoms with E-state index in [1.165, 1.54) is 5.69 Å². The van der Waals surface area contributed by atoms with Crippen LogP contribution in [-0.2, 0) is 18.3 Å². The lowest BCUT2D eigenvalue weighted by molar-refractivity contribution is -0.131. The highest BCUT2D eigenvalue weighted by molar-refractivity contribution is 5.79. The third kappa shape index (κ3) is 3.09. The van der Waals surface area contributed by atoms with E-state index in [9.17, 15) is 4.79 Å². The topological polar surface area (TPSA) is 51.3 Å². The van der Waals surface area contributed by atoms with E-state index in [4.69, 9.17) is 4.52 Å².